The van der Waals surface area contributed by atoms with Crippen LogP contribution < -0.4 is 10.1 Å². The Kier molecular flexibility index (Phi) is 5.35. The number of nitrogens with one attached hydrogen (secondary N) is 1. The van der Waals surface area contributed by atoms with Gasteiger partial charge in [0, 0.05) is 6.07 Å². The summed E-state index contributed by atoms with van der Waals surface area (Å²) in [6, 6.07) is 18.2. The van der Waals surface area contributed by atoms with E-state index >= 15 is 0 Å². The lowest BCUT2D eigenvalue weighted by atomic mass is 10.1. The van der Waals surface area contributed by atoms with Crippen molar-refractivity contribution in [3.8, 4) is 5.75 Å². The Balaban J connectivity index is 1.78. The number of nitrogens with zero attached hydrogens (tertiary/aromatic N) is 1. The number of hydrogen-bond acceptors (Lipinski definition) is 4. The molecule has 0 fully saturated rings. The molecule has 0 heterocycles. The van der Waals surface area contributed by atoms with E-state index in [0.717, 1.165) is 10.8 Å². The molecule has 3 rings (SSSR count). The first-order chi connectivity index (χ1) is 13.0. The highest BCUT2D eigenvalue weighted by atomic mass is 16.6. The molecular weight excluding hydrogens is 344 g/mol. The van der Waals surface area contributed by atoms with Gasteiger partial charge in [-0.25, -0.2) is 0 Å². The third kappa shape index (κ3) is 4.06. The van der Waals surface area contributed by atoms with Crippen LogP contribution in [0, 0.1) is 17.0 Å². The number of carbonyl (C=O) groups excluding carboxylic acids is 1. The number of fused-ring (bicyclic) bond motifs is 1. The van der Waals surface area contributed by atoms with Crippen LogP contribution in [-0.4, -0.2) is 16.9 Å². The van der Waals surface area contributed by atoms with E-state index < -0.39 is 11.0 Å². The zero-order valence-corrected chi connectivity index (χ0v) is 15.1. The second-order valence-corrected chi connectivity index (χ2v) is 6.22. The van der Waals surface area contributed by atoms with Crippen LogP contribution in [0.2, 0.25) is 0 Å². The standard InChI is InChI=1S/C21H20N2O4/c1-3-20(27-17-12-11-15-7-4-5-8-16(15)13-17)21(24)22-18-9-6-10-19(14(18)2)23(25)26/h4-13,20H,3H2,1-2H3,(H,22,24)/t20-/m1/s1. The molecule has 0 spiro atoms. The molecule has 0 aliphatic rings. The lowest BCUT2D eigenvalue weighted by molar-refractivity contribution is -0.385. The lowest BCUT2D eigenvalue weighted by Crippen LogP contribution is -2.32. The molecular formula is C21H20N2O4. The first-order valence-corrected chi connectivity index (χ1v) is 8.70. The maximum Gasteiger partial charge on any atom is 0.274 e. The fourth-order valence-corrected chi connectivity index (χ4v) is 2.90. The highest BCUT2D eigenvalue weighted by Crippen LogP contribution is 2.26. The molecule has 0 aliphatic heterocycles. The average Bonchev–Trinajstić information content (AvgIpc) is 2.67. The SMILES string of the molecule is CC[C@@H](Oc1ccc2ccccc2c1)C(=O)Nc1cccc([N+](=O)[O-])c1C. The van der Waals surface area contributed by atoms with Crippen molar-refractivity contribution < 1.29 is 14.5 Å². The van der Waals surface area contributed by atoms with E-state index in [2.05, 4.69) is 5.32 Å². The van der Waals surface area contributed by atoms with Crippen LogP contribution >= 0.6 is 0 Å². The molecule has 0 bridgehead atoms. The Morgan fingerprint density at radius 2 is 1.85 bits per heavy atom. The summed E-state index contributed by atoms with van der Waals surface area (Å²) in [5.74, 6) is 0.265. The average molecular weight is 364 g/mol. The molecule has 0 aromatic heterocycles. The normalized spacial score (nSPS) is 11.8. The predicted molar refractivity (Wildman–Crippen MR) is 105 cm³/mol. The Hall–Kier alpha value is -3.41. The Morgan fingerprint density at radius 3 is 2.56 bits per heavy atom. The van der Waals surface area contributed by atoms with Crippen LogP contribution in [0.4, 0.5) is 11.4 Å². The van der Waals surface area contributed by atoms with Gasteiger partial charge in [0.05, 0.1) is 16.2 Å². The third-order valence-corrected chi connectivity index (χ3v) is 4.42. The minimum absolute atomic E-state index is 0.0312. The van der Waals surface area contributed by atoms with Gasteiger partial charge >= 0.3 is 0 Å². The van der Waals surface area contributed by atoms with Crippen molar-refractivity contribution in [1.82, 2.24) is 0 Å². The number of ether oxygens (including phenoxy) is 1. The summed E-state index contributed by atoms with van der Waals surface area (Å²) < 4.78 is 5.88. The van der Waals surface area contributed by atoms with Crippen molar-refractivity contribution in [2.24, 2.45) is 0 Å². The minimum atomic E-state index is -0.704. The largest absolute Gasteiger partial charge is 0.481 e. The Bertz CT molecular complexity index is 1000. The number of carbonyl (C=O) groups is 1. The maximum absolute atomic E-state index is 12.6. The van der Waals surface area contributed by atoms with E-state index in [-0.39, 0.29) is 11.6 Å². The molecule has 1 atom stereocenters. The summed E-state index contributed by atoms with van der Waals surface area (Å²) in [5, 5.41) is 15.9. The molecule has 0 saturated heterocycles. The zero-order valence-electron chi connectivity index (χ0n) is 15.1. The van der Waals surface area contributed by atoms with E-state index in [1.807, 2.05) is 49.4 Å². The molecule has 6 heteroatoms. The molecule has 3 aromatic rings. The van der Waals surface area contributed by atoms with Gasteiger partial charge in [-0.15, -0.1) is 0 Å². The van der Waals surface area contributed by atoms with Crippen molar-refractivity contribution in [3.05, 3.63) is 76.3 Å². The Labute approximate surface area is 156 Å². The second-order valence-electron chi connectivity index (χ2n) is 6.22. The lowest BCUT2D eigenvalue weighted by Gasteiger charge is -2.18. The van der Waals surface area contributed by atoms with Crippen LogP contribution in [0.25, 0.3) is 10.8 Å². The van der Waals surface area contributed by atoms with Crippen molar-refractivity contribution in [2.75, 3.05) is 5.32 Å². The molecule has 3 aromatic carbocycles. The topological polar surface area (TPSA) is 81.5 Å². The van der Waals surface area contributed by atoms with Crippen molar-refractivity contribution in [3.63, 3.8) is 0 Å². The number of amides is 1. The third-order valence-electron chi connectivity index (χ3n) is 4.42. The summed E-state index contributed by atoms with van der Waals surface area (Å²) in [7, 11) is 0. The van der Waals surface area contributed by atoms with Crippen molar-refractivity contribution >= 4 is 28.1 Å². The summed E-state index contributed by atoms with van der Waals surface area (Å²) in [4.78, 5) is 23.2. The van der Waals surface area contributed by atoms with Crippen LogP contribution in [-0.2, 0) is 4.79 Å². The minimum Gasteiger partial charge on any atom is -0.481 e. The van der Waals surface area contributed by atoms with Crippen LogP contribution in [0.3, 0.4) is 0 Å². The molecule has 138 valence electrons. The zero-order chi connectivity index (χ0) is 19.4. The number of anilines is 1. The van der Waals surface area contributed by atoms with Gasteiger partial charge in [0.25, 0.3) is 11.6 Å². The van der Waals surface area contributed by atoms with Gasteiger partial charge in [-0.05, 0) is 42.3 Å². The smallest absolute Gasteiger partial charge is 0.274 e. The fraction of sp³-hybridized carbons (Fsp3) is 0.190. The highest BCUT2D eigenvalue weighted by Gasteiger charge is 2.21. The summed E-state index contributed by atoms with van der Waals surface area (Å²) in [6.45, 7) is 3.46. The molecule has 1 amide bonds. The van der Waals surface area contributed by atoms with Gasteiger partial charge in [-0.2, -0.15) is 0 Å². The van der Waals surface area contributed by atoms with Gasteiger partial charge in [0.15, 0.2) is 6.10 Å². The molecule has 0 unspecified atom stereocenters. The number of nitro benzene ring substituents is 1. The molecule has 0 aliphatic carbocycles. The van der Waals surface area contributed by atoms with E-state index in [0.29, 0.717) is 23.4 Å². The van der Waals surface area contributed by atoms with Gasteiger partial charge in [-0.1, -0.05) is 43.3 Å². The monoisotopic (exact) mass is 364 g/mol. The van der Waals surface area contributed by atoms with Crippen LogP contribution in [0.1, 0.15) is 18.9 Å². The van der Waals surface area contributed by atoms with Crippen LogP contribution in [0.15, 0.2) is 60.7 Å². The quantitative estimate of drug-likeness (QED) is 0.500. The van der Waals surface area contributed by atoms with Crippen LogP contribution in [0.5, 0.6) is 5.75 Å². The van der Waals surface area contributed by atoms with E-state index in [1.165, 1.54) is 6.07 Å². The highest BCUT2D eigenvalue weighted by molar-refractivity contribution is 5.95. The number of rotatable bonds is 6. The second kappa shape index (κ2) is 7.86. The van der Waals surface area contributed by atoms with E-state index in [4.69, 9.17) is 4.74 Å². The Morgan fingerprint density at radius 1 is 1.11 bits per heavy atom. The number of hydrogen-bond donors (Lipinski definition) is 1. The van der Waals surface area contributed by atoms with Crippen molar-refractivity contribution in [2.45, 2.75) is 26.4 Å². The first kappa shape index (κ1) is 18.4. The molecule has 0 radical (unpaired) electrons. The van der Waals surface area contributed by atoms with Gasteiger partial charge in [-0.3, -0.25) is 14.9 Å². The molecule has 27 heavy (non-hydrogen) atoms. The van der Waals surface area contributed by atoms with E-state index in [9.17, 15) is 14.9 Å². The molecule has 6 nitrogen and oxygen atoms in total. The van der Waals surface area contributed by atoms with Crippen molar-refractivity contribution in [1.29, 1.82) is 0 Å². The summed E-state index contributed by atoms with van der Waals surface area (Å²) in [6.07, 6.45) is -0.239. The summed E-state index contributed by atoms with van der Waals surface area (Å²) >= 11 is 0. The van der Waals surface area contributed by atoms with Gasteiger partial charge < -0.3 is 10.1 Å². The summed E-state index contributed by atoms with van der Waals surface area (Å²) in [5.41, 5.74) is 0.794. The number of nitro groups is 1. The van der Waals surface area contributed by atoms with E-state index in [1.54, 1.807) is 19.1 Å². The number of benzene rings is 3. The molecule has 1 N–H and O–H groups in total. The van der Waals surface area contributed by atoms with Gasteiger partial charge in [0.1, 0.15) is 5.75 Å². The maximum atomic E-state index is 12.6. The molecule has 0 saturated carbocycles. The fourth-order valence-electron chi connectivity index (χ4n) is 2.90. The predicted octanol–water partition coefficient (Wildman–Crippen LogP) is 4.85. The first-order valence-electron chi connectivity index (χ1n) is 8.70. The van der Waals surface area contributed by atoms with Gasteiger partial charge in [0.2, 0.25) is 0 Å².